The number of carbonyl (C=O) groups is 1. The van der Waals surface area contributed by atoms with Gasteiger partial charge in [-0.25, -0.2) is 8.42 Å². The highest BCUT2D eigenvalue weighted by Crippen LogP contribution is 2.17. The number of nitrogens with one attached hydrogen (secondary N) is 2. The lowest BCUT2D eigenvalue weighted by Crippen LogP contribution is -2.13. The Kier molecular flexibility index (Phi) is 4.13. The van der Waals surface area contributed by atoms with Crippen LogP contribution in [-0.2, 0) is 10.0 Å². The first-order chi connectivity index (χ1) is 9.83. The summed E-state index contributed by atoms with van der Waals surface area (Å²) in [4.78, 5) is 12.1. The molecule has 21 heavy (non-hydrogen) atoms. The van der Waals surface area contributed by atoms with Gasteiger partial charge < -0.3 is 11.1 Å². The normalized spacial score (nSPS) is 10.9. The first-order valence-corrected chi connectivity index (χ1v) is 7.97. The third kappa shape index (κ3) is 4.50. The van der Waals surface area contributed by atoms with Gasteiger partial charge in [-0.1, -0.05) is 12.1 Å². The maximum absolute atomic E-state index is 12.1. The van der Waals surface area contributed by atoms with Crippen molar-refractivity contribution in [3.8, 4) is 0 Å². The number of rotatable bonds is 4. The van der Waals surface area contributed by atoms with Gasteiger partial charge >= 0.3 is 0 Å². The Bertz CT molecular complexity index is 773. The third-order valence-corrected chi connectivity index (χ3v) is 3.18. The molecule has 2 aromatic rings. The van der Waals surface area contributed by atoms with Gasteiger partial charge in [0.2, 0.25) is 10.0 Å². The fourth-order valence-corrected chi connectivity index (χ4v) is 2.31. The molecule has 2 rings (SSSR count). The maximum Gasteiger partial charge on any atom is 0.255 e. The molecular formula is C14H15N3O3S. The van der Waals surface area contributed by atoms with E-state index >= 15 is 0 Å². The molecule has 0 spiro atoms. The van der Waals surface area contributed by atoms with Gasteiger partial charge in [0.25, 0.3) is 5.91 Å². The second-order valence-corrected chi connectivity index (χ2v) is 6.28. The van der Waals surface area contributed by atoms with Crippen molar-refractivity contribution in [3.05, 3.63) is 54.1 Å². The van der Waals surface area contributed by atoms with Gasteiger partial charge in [-0.3, -0.25) is 9.52 Å². The van der Waals surface area contributed by atoms with Crippen molar-refractivity contribution in [2.45, 2.75) is 0 Å². The van der Waals surface area contributed by atoms with Crippen molar-refractivity contribution in [3.63, 3.8) is 0 Å². The summed E-state index contributed by atoms with van der Waals surface area (Å²) in [5, 5.41) is 2.68. The van der Waals surface area contributed by atoms with E-state index in [4.69, 9.17) is 5.73 Å². The maximum atomic E-state index is 12.1. The lowest BCUT2D eigenvalue weighted by molar-refractivity contribution is 0.102. The molecule has 0 saturated carbocycles. The second-order valence-electron chi connectivity index (χ2n) is 4.53. The molecule has 4 N–H and O–H groups in total. The lowest BCUT2D eigenvalue weighted by atomic mass is 10.2. The number of carbonyl (C=O) groups excluding carboxylic acids is 1. The molecule has 0 saturated heterocycles. The van der Waals surface area contributed by atoms with Crippen LogP contribution in [0, 0.1) is 0 Å². The lowest BCUT2D eigenvalue weighted by Gasteiger charge is -2.08. The molecule has 0 radical (unpaired) electrons. The fraction of sp³-hybridized carbons (Fsp3) is 0.0714. The Labute approximate surface area is 123 Å². The molecule has 0 fully saturated rings. The van der Waals surface area contributed by atoms with Gasteiger partial charge in [0.05, 0.1) is 11.9 Å². The Balaban J connectivity index is 2.16. The van der Waals surface area contributed by atoms with Crippen LogP contribution >= 0.6 is 0 Å². The van der Waals surface area contributed by atoms with Gasteiger partial charge in [-0.2, -0.15) is 0 Å². The summed E-state index contributed by atoms with van der Waals surface area (Å²) in [6, 6.07) is 13.0. The van der Waals surface area contributed by atoms with E-state index < -0.39 is 10.0 Å². The molecule has 1 amide bonds. The number of nitrogen functional groups attached to an aromatic ring is 1. The number of nitrogens with two attached hydrogens (primary N) is 1. The summed E-state index contributed by atoms with van der Waals surface area (Å²) in [6.45, 7) is 0. The fourth-order valence-electron chi connectivity index (χ4n) is 1.76. The van der Waals surface area contributed by atoms with Gasteiger partial charge in [-0.15, -0.1) is 0 Å². The van der Waals surface area contributed by atoms with Crippen LogP contribution in [0.3, 0.4) is 0 Å². The zero-order valence-electron chi connectivity index (χ0n) is 11.3. The molecule has 6 nitrogen and oxygen atoms in total. The molecule has 0 bridgehead atoms. The molecular weight excluding hydrogens is 290 g/mol. The third-order valence-electron chi connectivity index (χ3n) is 2.57. The van der Waals surface area contributed by atoms with Crippen LogP contribution in [0.15, 0.2) is 48.5 Å². The van der Waals surface area contributed by atoms with E-state index in [1.165, 1.54) is 6.07 Å². The van der Waals surface area contributed by atoms with E-state index in [0.29, 0.717) is 22.6 Å². The monoisotopic (exact) mass is 305 g/mol. The van der Waals surface area contributed by atoms with Crippen LogP contribution in [0.4, 0.5) is 17.1 Å². The van der Waals surface area contributed by atoms with E-state index in [1.54, 1.807) is 42.5 Å². The van der Waals surface area contributed by atoms with Crippen molar-refractivity contribution in [1.82, 2.24) is 0 Å². The molecule has 0 aromatic heterocycles. The van der Waals surface area contributed by atoms with Crippen molar-refractivity contribution < 1.29 is 13.2 Å². The van der Waals surface area contributed by atoms with E-state index in [9.17, 15) is 13.2 Å². The van der Waals surface area contributed by atoms with Crippen molar-refractivity contribution in [2.75, 3.05) is 22.0 Å². The molecule has 0 unspecified atom stereocenters. The van der Waals surface area contributed by atoms with Crippen LogP contribution in [0.2, 0.25) is 0 Å². The standard InChI is InChI=1S/C14H15N3O3S/c1-21(19,20)17-13-7-3-6-12(9-13)16-14(18)10-4-2-5-11(15)8-10/h2-9,17H,15H2,1H3,(H,16,18). The van der Waals surface area contributed by atoms with Crippen molar-refractivity contribution in [1.29, 1.82) is 0 Å². The van der Waals surface area contributed by atoms with Crippen LogP contribution in [0.25, 0.3) is 0 Å². The topological polar surface area (TPSA) is 101 Å². The van der Waals surface area contributed by atoms with E-state index in [0.717, 1.165) is 6.26 Å². The molecule has 2 aromatic carbocycles. The minimum atomic E-state index is -3.36. The summed E-state index contributed by atoms with van der Waals surface area (Å²) in [6.07, 6.45) is 1.06. The van der Waals surface area contributed by atoms with Crippen LogP contribution < -0.4 is 15.8 Å². The number of benzene rings is 2. The summed E-state index contributed by atoms with van der Waals surface area (Å²) in [5.74, 6) is -0.321. The van der Waals surface area contributed by atoms with Crippen LogP contribution in [0.5, 0.6) is 0 Å². The van der Waals surface area contributed by atoms with Crippen LogP contribution in [-0.4, -0.2) is 20.6 Å². The summed E-state index contributed by atoms with van der Waals surface area (Å²) >= 11 is 0. The average molecular weight is 305 g/mol. The summed E-state index contributed by atoms with van der Waals surface area (Å²) < 4.78 is 24.7. The number of anilines is 3. The van der Waals surface area contributed by atoms with Crippen molar-refractivity contribution in [2.24, 2.45) is 0 Å². The largest absolute Gasteiger partial charge is 0.399 e. The number of amides is 1. The first-order valence-electron chi connectivity index (χ1n) is 6.08. The van der Waals surface area contributed by atoms with Crippen molar-refractivity contribution >= 4 is 33.0 Å². The summed E-state index contributed by atoms with van der Waals surface area (Å²) in [7, 11) is -3.36. The quantitative estimate of drug-likeness (QED) is 0.751. The number of hydrogen-bond donors (Lipinski definition) is 3. The number of sulfonamides is 1. The zero-order valence-corrected chi connectivity index (χ0v) is 12.1. The zero-order chi connectivity index (χ0) is 15.5. The molecule has 0 aliphatic carbocycles. The van der Waals surface area contributed by atoms with Gasteiger partial charge in [-0.05, 0) is 36.4 Å². The summed E-state index contributed by atoms with van der Waals surface area (Å²) in [5.41, 5.74) is 7.41. The first kappa shape index (κ1) is 14.9. The van der Waals surface area contributed by atoms with Crippen LogP contribution in [0.1, 0.15) is 10.4 Å². The average Bonchev–Trinajstić information content (AvgIpc) is 2.37. The minimum Gasteiger partial charge on any atom is -0.399 e. The Hall–Kier alpha value is -2.54. The van der Waals surface area contributed by atoms with E-state index in [2.05, 4.69) is 10.0 Å². The molecule has 7 heteroatoms. The Morgan fingerprint density at radius 3 is 2.38 bits per heavy atom. The van der Waals surface area contributed by atoms with Gasteiger partial charge in [0.15, 0.2) is 0 Å². The highest BCUT2D eigenvalue weighted by Gasteiger charge is 2.07. The predicted octanol–water partition coefficient (Wildman–Crippen LogP) is 1.89. The molecule has 0 heterocycles. The van der Waals surface area contributed by atoms with Gasteiger partial charge in [0, 0.05) is 16.9 Å². The predicted molar refractivity (Wildman–Crippen MR) is 83.7 cm³/mol. The Morgan fingerprint density at radius 2 is 1.71 bits per heavy atom. The second kappa shape index (κ2) is 5.84. The van der Waals surface area contributed by atoms with Gasteiger partial charge in [0.1, 0.15) is 0 Å². The molecule has 0 aliphatic rings. The van der Waals surface area contributed by atoms with E-state index in [-0.39, 0.29) is 5.91 Å². The molecule has 110 valence electrons. The SMILES string of the molecule is CS(=O)(=O)Nc1cccc(NC(=O)c2cccc(N)c2)c1. The minimum absolute atomic E-state index is 0.321. The Morgan fingerprint density at radius 1 is 1.05 bits per heavy atom. The molecule has 0 aliphatic heterocycles. The number of hydrogen-bond acceptors (Lipinski definition) is 4. The molecule has 0 atom stereocenters. The highest BCUT2D eigenvalue weighted by molar-refractivity contribution is 7.92. The van der Waals surface area contributed by atoms with E-state index in [1.807, 2.05) is 0 Å². The smallest absolute Gasteiger partial charge is 0.255 e. The highest BCUT2D eigenvalue weighted by atomic mass is 32.2.